The van der Waals surface area contributed by atoms with Crippen LogP contribution in [0, 0.1) is 0 Å². The molecule has 0 atom stereocenters. The molecule has 16 nitrogen and oxygen atoms in total. The average molecular weight is 954 g/mol. The van der Waals surface area contributed by atoms with Gasteiger partial charge in [-0.2, -0.15) is 14.9 Å². The molecule has 10 aromatic rings. The first-order chi connectivity index (χ1) is 32.4. The number of H-pyrrole nitrogens is 1. The van der Waals surface area contributed by atoms with E-state index in [1.54, 1.807) is 83.3 Å². The van der Waals surface area contributed by atoms with Gasteiger partial charge in [-0.25, -0.2) is 29.5 Å². The molecule has 0 aliphatic carbocycles. The van der Waals surface area contributed by atoms with E-state index in [1.807, 2.05) is 84.9 Å². The number of hydrogen-bond acceptors (Lipinski definition) is 10. The summed E-state index contributed by atoms with van der Waals surface area (Å²) in [5, 5.41) is 35.0. The molecule has 0 saturated heterocycles. The zero-order chi connectivity index (χ0) is 48.1. The second-order valence-corrected chi connectivity index (χ2v) is 19.1. The fraction of sp³-hybridized carbons (Fsp3) is 0.280. The van der Waals surface area contributed by atoms with E-state index in [4.69, 9.17) is 33.2 Å². The Hall–Kier alpha value is -6.98. The summed E-state index contributed by atoms with van der Waals surface area (Å²) in [5.41, 5.74) is 7.15. The Morgan fingerprint density at radius 1 is 0.632 bits per heavy atom. The third-order valence-corrected chi connectivity index (χ3v) is 12.7. The Kier molecular flexibility index (Phi) is 12.4. The average Bonchev–Trinajstić information content (AvgIpc) is 4.05. The maximum absolute atomic E-state index is 12.8. The van der Waals surface area contributed by atoms with Crippen molar-refractivity contribution in [3.05, 3.63) is 157 Å². The summed E-state index contributed by atoms with van der Waals surface area (Å²) in [7, 11) is 3.51. The van der Waals surface area contributed by atoms with Crippen LogP contribution < -0.4 is 11.4 Å². The van der Waals surface area contributed by atoms with E-state index in [0.717, 1.165) is 55.0 Å². The monoisotopic (exact) mass is 952 g/mol. The molecule has 18 heteroatoms. The van der Waals surface area contributed by atoms with Gasteiger partial charge in [0.15, 0.2) is 5.82 Å². The number of para-hydroxylation sites is 2. The molecule has 0 unspecified atom stereocenters. The zero-order valence-corrected chi connectivity index (χ0v) is 40.0. The Morgan fingerprint density at radius 3 is 1.78 bits per heavy atom. The smallest absolute Gasteiger partial charge is 0.328 e. The number of fused-ring (bicyclic) bond motifs is 4. The van der Waals surface area contributed by atoms with Crippen molar-refractivity contribution in [1.29, 1.82) is 0 Å². The molecule has 6 aromatic heterocycles. The Morgan fingerprint density at radius 2 is 1.18 bits per heavy atom. The number of imidazole rings is 2. The first-order valence-electron chi connectivity index (χ1n) is 22.1. The number of benzene rings is 4. The number of halogens is 2. The molecular formula is C50H50Cl2N12O4. The van der Waals surface area contributed by atoms with Crippen molar-refractivity contribution in [2.24, 2.45) is 14.1 Å². The number of aromatic nitrogens is 12. The summed E-state index contributed by atoms with van der Waals surface area (Å²) in [6.07, 6.45) is 6.85. The molecule has 10 rings (SSSR count). The number of nitrogens with zero attached hydrogens (tertiary/aromatic N) is 11. The Labute approximate surface area is 400 Å². The lowest BCUT2D eigenvalue weighted by molar-refractivity contribution is 0.0656. The van der Waals surface area contributed by atoms with Crippen molar-refractivity contribution in [2.75, 3.05) is 0 Å². The van der Waals surface area contributed by atoms with Crippen LogP contribution in [0.5, 0.6) is 0 Å². The van der Waals surface area contributed by atoms with Crippen LogP contribution in [0.25, 0.3) is 61.3 Å². The highest BCUT2D eigenvalue weighted by atomic mass is 35.5. The minimum Gasteiger partial charge on any atom is -0.390 e. The Balaban J connectivity index is 0.000000170. The second kappa shape index (κ2) is 18.3. The topological polar surface area (TPSA) is 192 Å². The molecule has 0 amide bonds. The van der Waals surface area contributed by atoms with E-state index in [1.165, 1.54) is 0 Å². The molecule has 3 N–H and O–H groups in total. The van der Waals surface area contributed by atoms with E-state index >= 15 is 0 Å². The molecule has 6 heterocycles. The van der Waals surface area contributed by atoms with Crippen molar-refractivity contribution in [2.45, 2.75) is 77.7 Å². The van der Waals surface area contributed by atoms with E-state index in [0.29, 0.717) is 77.7 Å². The Bertz CT molecular complexity index is 3390. The maximum Gasteiger partial charge on any atom is 0.328 e. The van der Waals surface area contributed by atoms with Crippen LogP contribution in [-0.4, -0.2) is 79.6 Å². The van der Waals surface area contributed by atoms with E-state index < -0.39 is 11.2 Å². The third kappa shape index (κ3) is 9.45. The van der Waals surface area contributed by atoms with Gasteiger partial charge in [-0.15, -0.1) is 0 Å². The maximum atomic E-state index is 12.8. The van der Waals surface area contributed by atoms with Crippen molar-refractivity contribution in [3.8, 4) is 17.5 Å². The summed E-state index contributed by atoms with van der Waals surface area (Å²) in [6, 6.07) is 27.5. The van der Waals surface area contributed by atoms with Gasteiger partial charge >= 0.3 is 11.4 Å². The molecule has 0 bridgehead atoms. The number of aliphatic hydroxyl groups is 2. The van der Waals surface area contributed by atoms with Gasteiger partial charge in [0.2, 0.25) is 0 Å². The largest absolute Gasteiger partial charge is 0.390 e. The van der Waals surface area contributed by atoms with Gasteiger partial charge in [0.1, 0.15) is 5.69 Å². The van der Waals surface area contributed by atoms with Gasteiger partial charge in [0, 0.05) is 57.0 Å². The molecule has 0 saturated carbocycles. The molecule has 0 fully saturated rings. The second-order valence-electron chi connectivity index (χ2n) is 18.3. The van der Waals surface area contributed by atoms with E-state index in [-0.39, 0.29) is 11.4 Å². The first-order valence-corrected chi connectivity index (χ1v) is 22.9. The highest BCUT2D eigenvalue weighted by Crippen LogP contribution is 2.28. The lowest BCUT2D eigenvalue weighted by Crippen LogP contribution is -2.27. The number of hydrogen-bond donors (Lipinski definition) is 3. The molecule has 4 aromatic carbocycles. The standard InChI is InChI=1S/2C25H25ClN6O2/c1-25(2,34)10-11-31-22-13-16(8-9-21(22)30(3)24(31)33)12-19-18(26)15-27-23(29-19)32-20-7-5-4-6-17(20)14-28-32;1-25(2,34)10-11-32-21-13-15(8-9-20(21)31(3)24(32)33)12-19-17(26)14-27-23(28-19)22-16-6-4-5-7-18(16)29-30-22/h4-9,13-15,34H,10-12H2,1-3H3;4-9,13-14,34H,10-12H2,1-3H3,(H,29,30). The van der Waals surface area contributed by atoms with Crippen LogP contribution in [0.3, 0.4) is 0 Å². The minimum absolute atomic E-state index is 0.107. The van der Waals surface area contributed by atoms with Crippen LogP contribution in [0.1, 0.15) is 63.1 Å². The van der Waals surface area contributed by atoms with E-state index in [2.05, 4.69) is 25.3 Å². The normalized spacial score (nSPS) is 12.1. The summed E-state index contributed by atoms with van der Waals surface area (Å²) in [6.45, 7) is 7.82. The summed E-state index contributed by atoms with van der Waals surface area (Å²) >= 11 is 12.9. The number of nitrogens with one attached hydrogen (secondary N) is 1. The summed E-state index contributed by atoms with van der Waals surface area (Å²) in [5.74, 6) is 0.947. The van der Waals surface area contributed by atoms with Crippen molar-refractivity contribution in [1.82, 2.24) is 58.2 Å². The lowest BCUT2D eigenvalue weighted by atomic mass is 10.1. The van der Waals surface area contributed by atoms with Gasteiger partial charge in [-0.05, 0) is 88.1 Å². The fourth-order valence-corrected chi connectivity index (χ4v) is 8.56. The molecule has 68 heavy (non-hydrogen) atoms. The van der Waals surface area contributed by atoms with Gasteiger partial charge in [0.05, 0.1) is 78.1 Å². The highest BCUT2D eigenvalue weighted by molar-refractivity contribution is 6.31. The minimum atomic E-state index is -0.861. The molecule has 0 spiro atoms. The summed E-state index contributed by atoms with van der Waals surface area (Å²) in [4.78, 5) is 43.8. The number of rotatable bonds is 12. The molecule has 0 radical (unpaired) electrons. The van der Waals surface area contributed by atoms with Gasteiger partial charge in [-0.1, -0.05) is 71.7 Å². The van der Waals surface area contributed by atoms with Gasteiger partial charge < -0.3 is 10.2 Å². The quantitative estimate of drug-likeness (QED) is 0.108. The van der Waals surface area contributed by atoms with Crippen molar-refractivity contribution < 1.29 is 10.2 Å². The SMILES string of the molecule is Cn1c(=O)n(CCC(C)(C)O)c2cc(Cc3nc(-c4n[nH]c5ccccc45)ncc3Cl)ccc21.Cn1c(=O)n(CCC(C)(C)O)c2cc(Cc3nc(-n4ncc5ccccc54)ncc3Cl)ccc21. The van der Waals surface area contributed by atoms with Crippen molar-refractivity contribution >= 4 is 67.1 Å². The van der Waals surface area contributed by atoms with Crippen LogP contribution in [0.15, 0.2) is 113 Å². The van der Waals surface area contributed by atoms with Gasteiger partial charge in [-0.3, -0.25) is 23.4 Å². The number of aryl methyl sites for hydroxylation is 4. The first kappa shape index (κ1) is 46.1. The molecule has 0 aliphatic rings. The van der Waals surface area contributed by atoms with Crippen molar-refractivity contribution in [3.63, 3.8) is 0 Å². The lowest BCUT2D eigenvalue weighted by Gasteiger charge is -2.17. The molecule has 348 valence electrons. The molecule has 0 aliphatic heterocycles. The zero-order valence-electron chi connectivity index (χ0n) is 38.4. The fourth-order valence-electron chi connectivity index (χ4n) is 8.25. The number of aromatic amines is 1. The molecular weight excluding hydrogens is 904 g/mol. The van der Waals surface area contributed by atoms with Crippen LogP contribution in [0.2, 0.25) is 10.0 Å². The highest BCUT2D eigenvalue weighted by Gasteiger charge is 2.20. The predicted octanol–water partition coefficient (Wildman–Crippen LogP) is 7.95. The van der Waals surface area contributed by atoms with Crippen LogP contribution in [0.4, 0.5) is 0 Å². The van der Waals surface area contributed by atoms with E-state index in [9.17, 15) is 19.8 Å². The van der Waals surface area contributed by atoms with Crippen LogP contribution >= 0.6 is 23.2 Å². The van der Waals surface area contributed by atoms with Gasteiger partial charge in [0.25, 0.3) is 5.95 Å². The summed E-state index contributed by atoms with van der Waals surface area (Å²) < 4.78 is 8.37. The van der Waals surface area contributed by atoms with Crippen LogP contribution in [-0.2, 0) is 40.0 Å². The predicted molar refractivity (Wildman–Crippen MR) is 266 cm³/mol. The third-order valence-electron chi connectivity index (χ3n) is 12.0.